The third-order valence-corrected chi connectivity index (χ3v) is 6.48. The van der Waals surface area contributed by atoms with Crippen molar-refractivity contribution in [3.8, 4) is 0 Å². The molecule has 0 bridgehead atoms. The quantitative estimate of drug-likeness (QED) is 0.481. The van der Waals surface area contributed by atoms with Gasteiger partial charge >= 0.3 is 0 Å². The summed E-state index contributed by atoms with van der Waals surface area (Å²) >= 11 is 2.92. The van der Waals surface area contributed by atoms with Crippen molar-refractivity contribution in [2.45, 2.75) is 60.2 Å². The first-order chi connectivity index (χ1) is 12.6. The van der Waals surface area contributed by atoms with Crippen LogP contribution < -0.4 is 5.56 Å². The molecule has 0 saturated carbocycles. The summed E-state index contributed by atoms with van der Waals surface area (Å²) in [5.74, 6) is 1.27. The molecular formula is C20H31N3O2S2. The molecule has 2 aromatic heterocycles. The summed E-state index contributed by atoms with van der Waals surface area (Å²) in [6.07, 6.45) is 0. The van der Waals surface area contributed by atoms with Crippen molar-refractivity contribution in [1.82, 2.24) is 14.5 Å². The second kappa shape index (κ2) is 9.24. The number of nitrogens with zero attached hydrogens (tertiary/aromatic N) is 3. The summed E-state index contributed by atoms with van der Waals surface area (Å²) in [5.41, 5.74) is 1.02. The Labute approximate surface area is 170 Å². The van der Waals surface area contributed by atoms with Crippen LogP contribution in [0.5, 0.6) is 0 Å². The van der Waals surface area contributed by atoms with Crippen molar-refractivity contribution in [1.29, 1.82) is 0 Å². The molecular weight excluding hydrogens is 378 g/mol. The Hall–Kier alpha value is -1.34. The lowest BCUT2D eigenvalue weighted by Crippen LogP contribution is -2.38. The van der Waals surface area contributed by atoms with Crippen molar-refractivity contribution < 1.29 is 4.79 Å². The fraction of sp³-hybridized carbons (Fsp3) is 0.650. The van der Waals surface area contributed by atoms with Crippen molar-refractivity contribution >= 4 is 39.2 Å². The van der Waals surface area contributed by atoms with Crippen LogP contribution in [0.15, 0.2) is 9.95 Å². The summed E-state index contributed by atoms with van der Waals surface area (Å²) in [7, 11) is 0. The predicted molar refractivity (Wildman–Crippen MR) is 116 cm³/mol. The highest BCUT2D eigenvalue weighted by Crippen LogP contribution is 2.28. The second-order valence-corrected chi connectivity index (χ2v) is 9.93. The molecule has 0 saturated heterocycles. The number of fused-ring (bicyclic) bond motifs is 1. The molecule has 2 heterocycles. The highest BCUT2D eigenvalue weighted by molar-refractivity contribution is 7.99. The van der Waals surface area contributed by atoms with Crippen LogP contribution in [0.4, 0.5) is 0 Å². The zero-order chi connectivity index (χ0) is 20.3. The van der Waals surface area contributed by atoms with E-state index in [0.29, 0.717) is 29.3 Å². The molecule has 2 rings (SSSR count). The Bertz CT molecular complexity index is 858. The molecule has 0 spiro atoms. The molecule has 27 heavy (non-hydrogen) atoms. The fourth-order valence-electron chi connectivity index (χ4n) is 3.08. The summed E-state index contributed by atoms with van der Waals surface area (Å²) in [6.45, 7) is 16.5. The first-order valence-electron chi connectivity index (χ1n) is 9.56. The van der Waals surface area contributed by atoms with E-state index in [-0.39, 0.29) is 11.5 Å². The topological polar surface area (TPSA) is 55.2 Å². The first kappa shape index (κ1) is 22.0. The van der Waals surface area contributed by atoms with Crippen molar-refractivity contribution in [3.05, 3.63) is 20.8 Å². The smallest absolute Gasteiger partial charge is 0.263 e. The third-order valence-electron chi connectivity index (χ3n) is 4.42. The molecule has 0 aliphatic carbocycles. The average molecular weight is 410 g/mol. The highest BCUT2D eigenvalue weighted by atomic mass is 32.2. The number of hydrogen-bond donors (Lipinski definition) is 0. The molecule has 150 valence electrons. The van der Waals surface area contributed by atoms with Gasteiger partial charge < -0.3 is 4.90 Å². The number of carbonyl (C=O) groups is 1. The Kier molecular flexibility index (Phi) is 7.51. The molecule has 0 N–H and O–H groups in total. The van der Waals surface area contributed by atoms with Gasteiger partial charge in [-0.05, 0) is 38.2 Å². The summed E-state index contributed by atoms with van der Waals surface area (Å²) in [6, 6.07) is 0. The molecule has 0 aliphatic rings. The van der Waals surface area contributed by atoms with Gasteiger partial charge in [0.05, 0.1) is 11.1 Å². The second-order valence-electron chi connectivity index (χ2n) is 7.78. The van der Waals surface area contributed by atoms with Gasteiger partial charge in [0, 0.05) is 24.5 Å². The minimum atomic E-state index is 0.000478. The Balaban J connectivity index is 2.27. The lowest BCUT2D eigenvalue weighted by Gasteiger charge is -2.26. The molecule has 2 aromatic rings. The zero-order valence-electron chi connectivity index (χ0n) is 17.5. The minimum absolute atomic E-state index is 0.000478. The molecule has 0 radical (unpaired) electrons. The normalized spacial score (nSPS) is 11.7. The molecule has 0 unspecified atom stereocenters. The van der Waals surface area contributed by atoms with Gasteiger partial charge in [-0.15, -0.1) is 11.3 Å². The predicted octanol–water partition coefficient (Wildman–Crippen LogP) is 4.33. The van der Waals surface area contributed by atoms with Gasteiger partial charge in [-0.1, -0.05) is 39.5 Å². The maximum Gasteiger partial charge on any atom is 0.263 e. The van der Waals surface area contributed by atoms with Gasteiger partial charge in [0.1, 0.15) is 4.83 Å². The van der Waals surface area contributed by atoms with Crippen LogP contribution >= 0.6 is 23.1 Å². The van der Waals surface area contributed by atoms with E-state index >= 15 is 0 Å². The Morgan fingerprint density at radius 2 is 1.78 bits per heavy atom. The van der Waals surface area contributed by atoms with Gasteiger partial charge in [0.15, 0.2) is 5.16 Å². The monoisotopic (exact) mass is 409 g/mol. The minimum Gasteiger partial charge on any atom is -0.341 e. The van der Waals surface area contributed by atoms with E-state index < -0.39 is 0 Å². The van der Waals surface area contributed by atoms with Crippen molar-refractivity contribution in [2.75, 3.05) is 18.8 Å². The Morgan fingerprint density at radius 3 is 2.30 bits per heavy atom. The summed E-state index contributed by atoms with van der Waals surface area (Å²) in [4.78, 5) is 34.2. The van der Waals surface area contributed by atoms with Crippen molar-refractivity contribution in [2.24, 2.45) is 11.8 Å². The van der Waals surface area contributed by atoms with Gasteiger partial charge in [-0.25, -0.2) is 4.98 Å². The maximum atomic E-state index is 12.9. The summed E-state index contributed by atoms with van der Waals surface area (Å²) < 4.78 is 1.69. The van der Waals surface area contributed by atoms with Crippen LogP contribution in [-0.2, 0) is 11.3 Å². The van der Waals surface area contributed by atoms with Crippen LogP contribution in [0, 0.1) is 25.7 Å². The van der Waals surface area contributed by atoms with Crippen LogP contribution in [0.25, 0.3) is 10.2 Å². The van der Waals surface area contributed by atoms with E-state index in [1.165, 1.54) is 11.8 Å². The zero-order valence-corrected chi connectivity index (χ0v) is 19.1. The number of rotatable bonds is 8. The molecule has 0 aromatic carbocycles. The molecule has 0 aliphatic heterocycles. The van der Waals surface area contributed by atoms with E-state index in [1.54, 1.807) is 15.9 Å². The number of amides is 1. The highest BCUT2D eigenvalue weighted by Gasteiger charge is 2.20. The first-order valence-corrected chi connectivity index (χ1v) is 11.4. The van der Waals surface area contributed by atoms with Crippen LogP contribution in [-0.4, -0.2) is 39.2 Å². The van der Waals surface area contributed by atoms with Gasteiger partial charge in [-0.2, -0.15) is 0 Å². The molecule has 1 amide bonds. The average Bonchev–Trinajstić information content (AvgIpc) is 2.85. The standard InChI is InChI=1S/C20H31N3O2S2/c1-8-23-19(25)17-14(6)15(7)27-18(17)21-20(23)26-11-16(24)22(9-12(2)3)10-13(4)5/h12-13H,8-11H2,1-7H3. The summed E-state index contributed by atoms with van der Waals surface area (Å²) in [5, 5.41) is 1.36. The molecule has 0 fully saturated rings. The van der Waals surface area contributed by atoms with E-state index in [1.807, 2.05) is 25.7 Å². The number of thioether (sulfide) groups is 1. The van der Waals surface area contributed by atoms with Crippen molar-refractivity contribution in [3.63, 3.8) is 0 Å². The van der Waals surface area contributed by atoms with E-state index in [9.17, 15) is 9.59 Å². The molecule has 0 atom stereocenters. The van der Waals surface area contributed by atoms with E-state index in [4.69, 9.17) is 4.98 Å². The Morgan fingerprint density at radius 1 is 1.19 bits per heavy atom. The SMILES string of the molecule is CCn1c(SCC(=O)N(CC(C)C)CC(C)C)nc2sc(C)c(C)c2c1=O. The lowest BCUT2D eigenvalue weighted by molar-refractivity contribution is -0.129. The van der Waals surface area contributed by atoms with E-state index in [0.717, 1.165) is 33.7 Å². The largest absolute Gasteiger partial charge is 0.341 e. The van der Waals surface area contributed by atoms with E-state index in [2.05, 4.69) is 27.7 Å². The fourth-order valence-corrected chi connectivity index (χ4v) is 5.11. The number of hydrogen-bond acceptors (Lipinski definition) is 5. The number of aromatic nitrogens is 2. The van der Waals surface area contributed by atoms with Gasteiger partial charge in [0.2, 0.25) is 5.91 Å². The molecule has 7 heteroatoms. The van der Waals surface area contributed by atoms with Gasteiger partial charge in [0.25, 0.3) is 5.56 Å². The van der Waals surface area contributed by atoms with Crippen LogP contribution in [0.3, 0.4) is 0 Å². The van der Waals surface area contributed by atoms with Gasteiger partial charge in [-0.3, -0.25) is 14.2 Å². The number of aryl methyl sites for hydroxylation is 2. The maximum absolute atomic E-state index is 12.9. The lowest BCUT2D eigenvalue weighted by atomic mass is 10.1. The van der Waals surface area contributed by atoms with Crippen LogP contribution in [0.2, 0.25) is 0 Å². The number of carbonyl (C=O) groups excluding carboxylic acids is 1. The third kappa shape index (κ3) is 5.13. The molecule has 5 nitrogen and oxygen atoms in total. The number of thiophene rings is 1. The van der Waals surface area contributed by atoms with Crippen LogP contribution in [0.1, 0.15) is 45.1 Å².